The number of carbonyl (C=O) groups is 1. The van der Waals surface area contributed by atoms with E-state index in [9.17, 15) is 18.0 Å². The average molecular weight is 346 g/mol. The Balaban J connectivity index is 1.96. The summed E-state index contributed by atoms with van der Waals surface area (Å²) in [5.41, 5.74) is -0.778. The minimum Gasteiger partial charge on any atom is -0.494 e. The van der Waals surface area contributed by atoms with Crippen LogP contribution in [0.4, 0.5) is 18.9 Å². The SMILES string of the molecule is COc1cccc2ccc(C(=O)Nc3ccccc3C(F)(F)F)nc12. The Morgan fingerprint density at radius 3 is 2.52 bits per heavy atom. The Morgan fingerprint density at radius 2 is 1.80 bits per heavy atom. The van der Waals surface area contributed by atoms with Gasteiger partial charge in [0.25, 0.3) is 5.91 Å². The van der Waals surface area contributed by atoms with E-state index in [0.29, 0.717) is 11.3 Å². The van der Waals surface area contributed by atoms with Crippen molar-refractivity contribution in [2.75, 3.05) is 12.4 Å². The zero-order chi connectivity index (χ0) is 18.0. The summed E-state index contributed by atoms with van der Waals surface area (Å²) < 4.78 is 44.3. The highest BCUT2D eigenvalue weighted by atomic mass is 19.4. The fourth-order valence-corrected chi connectivity index (χ4v) is 2.44. The third-order valence-corrected chi connectivity index (χ3v) is 3.62. The van der Waals surface area contributed by atoms with Crippen molar-refractivity contribution in [3.63, 3.8) is 0 Å². The molecule has 0 radical (unpaired) electrons. The summed E-state index contributed by atoms with van der Waals surface area (Å²) in [4.78, 5) is 16.6. The number of para-hydroxylation sites is 2. The Bertz CT molecular complexity index is 939. The second-order valence-corrected chi connectivity index (χ2v) is 5.23. The number of benzene rings is 2. The van der Waals surface area contributed by atoms with Gasteiger partial charge in [-0.25, -0.2) is 4.98 Å². The van der Waals surface area contributed by atoms with Crippen LogP contribution >= 0.6 is 0 Å². The highest BCUT2D eigenvalue weighted by Gasteiger charge is 2.33. The largest absolute Gasteiger partial charge is 0.494 e. The third kappa shape index (κ3) is 3.40. The predicted octanol–water partition coefficient (Wildman–Crippen LogP) is 4.51. The van der Waals surface area contributed by atoms with E-state index < -0.39 is 17.6 Å². The molecule has 3 rings (SSSR count). The molecule has 0 aliphatic rings. The minimum absolute atomic E-state index is 0.00558. The molecule has 1 amide bonds. The fraction of sp³-hybridized carbons (Fsp3) is 0.111. The normalized spacial score (nSPS) is 11.4. The fourth-order valence-electron chi connectivity index (χ4n) is 2.44. The number of fused-ring (bicyclic) bond motifs is 1. The molecular weight excluding hydrogens is 333 g/mol. The minimum atomic E-state index is -4.57. The van der Waals surface area contributed by atoms with E-state index in [1.165, 1.54) is 31.4 Å². The highest BCUT2D eigenvalue weighted by molar-refractivity contribution is 6.04. The first-order valence-corrected chi connectivity index (χ1v) is 7.31. The number of carbonyl (C=O) groups excluding carboxylic acids is 1. The van der Waals surface area contributed by atoms with Gasteiger partial charge in [0.1, 0.15) is 17.0 Å². The lowest BCUT2D eigenvalue weighted by Crippen LogP contribution is -2.17. The van der Waals surface area contributed by atoms with Gasteiger partial charge in [-0.05, 0) is 24.3 Å². The first kappa shape index (κ1) is 16.8. The van der Waals surface area contributed by atoms with Gasteiger partial charge in [0.05, 0.1) is 18.4 Å². The van der Waals surface area contributed by atoms with Crippen LogP contribution in [-0.2, 0) is 6.18 Å². The highest BCUT2D eigenvalue weighted by Crippen LogP contribution is 2.34. The monoisotopic (exact) mass is 346 g/mol. The van der Waals surface area contributed by atoms with Crippen molar-refractivity contribution in [3.8, 4) is 5.75 Å². The molecule has 0 spiro atoms. The molecule has 0 bridgehead atoms. The number of alkyl halides is 3. The smallest absolute Gasteiger partial charge is 0.418 e. The third-order valence-electron chi connectivity index (χ3n) is 3.62. The van der Waals surface area contributed by atoms with E-state index >= 15 is 0 Å². The number of amides is 1. The van der Waals surface area contributed by atoms with Crippen molar-refractivity contribution in [3.05, 3.63) is 65.9 Å². The van der Waals surface area contributed by atoms with Crippen LogP contribution < -0.4 is 10.1 Å². The molecule has 128 valence electrons. The van der Waals surface area contributed by atoms with Crippen LogP contribution in [0.15, 0.2) is 54.6 Å². The van der Waals surface area contributed by atoms with Crippen LogP contribution in [0.1, 0.15) is 16.1 Å². The zero-order valence-corrected chi connectivity index (χ0v) is 13.1. The lowest BCUT2D eigenvalue weighted by atomic mass is 10.1. The molecule has 4 nitrogen and oxygen atoms in total. The topological polar surface area (TPSA) is 51.2 Å². The van der Waals surface area contributed by atoms with Crippen LogP contribution in [-0.4, -0.2) is 18.0 Å². The molecule has 25 heavy (non-hydrogen) atoms. The average Bonchev–Trinajstić information content (AvgIpc) is 2.60. The zero-order valence-electron chi connectivity index (χ0n) is 13.1. The molecule has 3 aromatic rings. The molecule has 1 N–H and O–H groups in total. The van der Waals surface area contributed by atoms with Gasteiger partial charge in [0, 0.05) is 5.39 Å². The molecule has 2 aromatic carbocycles. The Hall–Kier alpha value is -3.09. The molecule has 0 atom stereocenters. The van der Waals surface area contributed by atoms with Gasteiger partial charge in [-0.1, -0.05) is 30.3 Å². The van der Waals surface area contributed by atoms with Gasteiger partial charge in [-0.15, -0.1) is 0 Å². The molecule has 1 heterocycles. The number of ether oxygens (including phenoxy) is 1. The van der Waals surface area contributed by atoms with Crippen molar-refractivity contribution in [2.24, 2.45) is 0 Å². The molecule has 0 aliphatic heterocycles. The number of nitrogens with one attached hydrogen (secondary N) is 1. The van der Waals surface area contributed by atoms with Gasteiger partial charge in [0.15, 0.2) is 0 Å². The maximum absolute atomic E-state index is 13.0. The predicted molar refractivity (Wildman–Crippen MR) is 87.7 cm³/mol. The van der Waals surface area contributed by atoms with Crippen LogP contribution in [0.3, 0.4) is 0 Å². The second-order valence-electron chi connectivity index (χ2n) is 5.23. The van der Waals surface area contributed by atoms with Crippen LogP contribution in [0.5, 0.6) is 5.75 Å². The molecular formula is C18H13F3N2O2. The molecule has 0 saturated heterocycles. The van der Waals surface area contributed by atoms with Gasteiger partial charge in [-0.3, -0.25) is 4.79 Å². The van der Waals surface area contributed by atoms with Crippen LogP contribution in [0.25, 0.3) is 10.9 Å². The molecule has 7 heteroatoms. The van der Waals surface area contributed by atoms with Gasteiger partial charge in [0.2, 0.25) is 0 Å². The van der Waals surface area contributed by atoms with Crippen molar-refractivity contribution < 1.29 is 22.7 Å². The maximum Gasteiger partial charge on any atom is 0.418 e. The Morgan fingerprint density at radius 1 is 1.04 bits per heavy atom. The molecule has 0 aliphatic carbocycles. The van der Waals surface area contributed by atoms with E-state index in [-0.39, 0.29) is 11.4 Å². The summed E-state index contributed by atoms with van der Waals surface area (Å²) in [5, 5.41) is 3.03. The summed E-state index contributed by atoms with van der Waals surface area (Å²) in [6.07, 6.45) is -4.57. The number of pyridine rings is 1. The van der Waals surface area contributed by atoms with Crippen molar-refractivity contribution in [2.45, 2.75) is 6.18 Å². The first-order chi connectivity index (χ1) is 11.9. The Kier molecular flexibility index (Phi) is 4.31. The summed E-state index contributed by atoms with van der Waals surface area (Å²) in [7, 11) is 1.47. The summed E-state index contributed by atoms with van der Waals surface area (Å²) in [5.74, 6) is -0.257. The first-order valence-electron chi connectivity index (χ1n) is 7.31. The number of halogens is 3. The number of anilines is 1. The van der Waals surface area contributed by atoms with E-state index in [1.807, 2.05) is 0 Å². The molecule has 0 saturated carbocycles. The number of hydrogen-bond donors (Lipinski definition) is 1. The van der Waals surface area contributed by atoms with E-state index in [4.69, 9.17) is 4.74 Å². The number of aromatic nitrogens is 1. The Labute approximate surface area is 141 Å². The van der Waals surface area contributed by atoms with Gasteiger partial charge < -0.3 is 10.1 Å². The number of methoxy groups -OCH3 is 1. The van der Waals surface area contributed by atoms with E-state index in [2.05, 4.69) is 10.3 Å². The van der Waals surface area contributed by atoms with Crippen LogP contribution in [0, 0.1) is 0 Å². The number of nitrogens with zero attached hydrogens (tertiary/aromatic N) is 1. The van der Waals surface area contributed by atoms with E-state index in [1.54, 1.807) is 24.3 Å². The van der Waals surface area contributed by atoms with Crippen LogP contribution in [0.2, 0.25) is 0 Å². The molecule has 0 fully saturated rings. The lowest BCUT2D eigenvalue weighted by molar-refractivity contribution is -0.136. The standard InChI is InChI=1S/C18H13F3N2O2/c1-25-15-8-4-5-11-9-10-14(22-16(11)15)17(24)23-13-7-3-2-6-12(13)18(19,20)21/h2-10H,1H3,(H,23,24). The quantitative estimate of drug-likeness (QED) is 0.759. The summed E-state index contributed by atoms with van der Waals surface area (Å²) >= 11 is 0. The molecule has 0 unspecified atom stereocenters. The van der Waals surface area contributed by atoms with Gasteiger partial charge >= 0.3 is 6.18 Å². The lowest BCUT2D eigenvalue weighted by Gasteiger charge is -2.13. The van der Waals surface area contributed by atoms with Crippen molar-refractivity contribution in [1.29, 1.82) is 0 Å². The van der Waals surface area contributed by atoms with E-state index in [0.717, 1.165) is 11.5 Å². The van der Waals surface area contributed by atoms with Gasteiger partial charge in [-0.2, -0.15) is 13.2 Å². The summed E-state index contributed by atoms with van der Waals surface area (Å²) in [6, 6.07) is 13.2. The van der Waals surface area contributed by atoms with Crippen molar-refractivity contribution >= 4 is 22.5 Å². The second kappa shape index (κ2) is 6.43. The number of rotatable bonds is 3. The van der Waals surface area contributed by atoms with Crippen molar-refractivity contribution in [1.82, 2.24) is 4.98 Å². The maximum atomic E-state index is 13.0. The summed E-state index contributed by atoms with van der Waals surface area (Å²) in [6.45, 7) is 0. The number of hydrogen-bond acceptors (Lipinski definition) is 3. The molecule has 1 aromatic heterocycles.